The van der Waals surface area contributed by atoms with Crippen molar-refractivity contribution in [3.05, 3.63) is 70.8 Å². The summed E-state index contributed by atoms with van der Waals surface area (Å²) < 4.78 is 27.2. The standard InChI is InChI=1S/C26H32F2N2O2/c1-17(31)30-24(13-18-11-22(27)15-23(28)12-18)25(32)16-29-26(9-10-26)21-8-4-7-20(14-21)19-5-2-3-6-19/h4,7-8,11-12,14-15,19,24-25,29,32H,2-3,5-6,9-10,13,16H2,1H3,(H,30,31)/t24-,25-/m0/s1. The van der Waals surface area contributed by atoms with Crippen LogP contribution in [0.5, 0.6) is 0 Å². The molecule has 6 heteroatoms. The topological polar surface area (TPSA) is 61.4 Å². The summed E-state index contributed by atoms with van der Waals surface area (Å²) in [7, 11) is 0. The SMILES string of the molecule is CC(=O)N[C@@H](Cc1cc(F)cc(F)c1)[C@@H](O)CNC1(c2cccc(C3CCCC3)c2)CC1. The van der Waals surface area contributed by atoms with Crippen molar-refractivity contribution in [2.75, 3.05) is 6.54 Å². The predicted octanol–water partition coefficient (Wildman–Crippen LogP) is 4.31. The average Bonchev–Trinajstić information content (AvgIpc) is 3.33. The van der Waals surface area contributed by atoms with E-state index < -0.39 is 23.8 Å². The predicted molar refractivity (Wildman–Crippen MR) is 120 cm³/mol. The number of amides is 1. The minimum absolute atomic E-state index is 0.140. The first-order valence-electron chi connectivity index (χ1n) is 11.6. The molecule has 0 unspecified atom stereocenters. The van der Waals surface area contributed by atoms with Gasteiger partial charge in [0.25, 0.3) is 0 Å². The van der Waals surface area contributed by atoms with Crippen molar-refractivity contribution < 1.29 is 18.7 Å². The van der Waals surface area contributed by atoms with Crippen LogP contribution in [0.2, 0.25) is 0 Å². The van der Waals surface area contributed by atoms with Crippen molar-refractivity contribution in [3.8, 4) is 0 Å². The van der Waals surface area contributed by atoms with Crippen molar-refractivity contribution >= 4 is 5.91 Å². The molecule has 2 aromatic rings. The summed E-state index contributed by atoms with van der Waals surface area (Å²) in [6.07, 6.45) is 6.32. The highest BCUT2D eigenvalue weighted by atomic mass is 19.1. The minimum atomic E-state index is -0.902. The molecule has 2 atom stereocenters. The number of rotatable bonds is 9. The molecular formula is C26H32F2N2O2. The van der Waals surface area contributed by atoms with Crippen LogP contribution in [-0.2, 0) is 16.8 Å². The molecule has 0 aromatic heterocycles. The highest BCUT2D eigenvalue weighted by molar-refractivity contribution is 5.73. The van der Waals surface area contributed by atoms with Gasteiger partial charge in [0.05, 0.1) is 12.1 Å². The van der Waals surface area contributed by atoms with Crippen molar-refractivity contribution in [3.63, 3.8) is 0 Å². The number of carbonyl (C=O) groups excluding carboxylic acids is 1. The molecule has 2 aliphatic carbocycles. The molecule has 2 aromatic carbocycles. The molecular weight excluding hydrogens is 410 g/mol. The van der Waals surface area contributed by atoms with Crippen LogP contribution in [0.3, 0.4) is 0 Å². The van der Waals surface area contributed by atoms with Gasteiger partial charge in [-0.2, -0.15) is 0 Å². The van der Waals surface area contributed by atoms with Crippen LogP contribution in [-0.4, -0.2) is 29.7 Å². The van der Waals surface area contributed by atoms with Gasteiger partial charge in [0.1, 0.15) is 11.6 Å². The number of hydrogen-bond acceptors (Lipinski definition) is 3. The van der Waals surface area contributed by atoms with Gasteiger partial charge in [0.2, 0.25) is 5.91 Å². The fourth-order valence-corrected chi connectivity index (χ4v) is 5.01. The number of aliphatic hydroxyl groups excluding tert-OH is 1. The monoisotopic (exact) mass is 442 g/mol. The number of hydrogen-bond donors (Lipinski definition) is 3. The summed E-state index contributed by atoms with van der Waals surface area (Å²) >= 11 is 0. The summed E-state index contributed by atoms with van der Waals surface area (Å²) in [5.74, 6) is -0.995. The molecule has 2 fully saturated rings. The zero-order chi connectivity index (χ0) is 22.7. The van der Waals surface area contributed by atoms with Gasteiger partial charge in [-0.15, -0.1) is 0 Å². The van der Waals surface area contributed by atoms with Crippen LogP contribution < -0.4 is 10.6 Å². The second-order valence-electron chi connectivity index (χ2n) is 9.43. The molecule has 32 heavy (non-hydrogen) atoms. The van der Waals surface area contributed by atoms with E-state index in [-0.39, 0.29) is 24.4 Å². The lowest BCUT2D eigenvalue weighted by molar-refractivity contribution is -0.120. The van der Waals surface area contributed by atoms with E-state index in [1.54, 1.807) is 0 Å². The Labute approximate surface area is 188 Å². The second-order valence-corrected chi connectivity index (χ2v) is 9.43. The minimum Gasteiger partial charge on any atom is -0.390 e. The molecule has 0 aliphatic heterocycles. The van der Waals surface area contributed by atoms with E-state index in [0.29, 0.717) is 11.5 Å². The van der Waals surface area contributed by atoms with E-state index in [1.165, 1.54) is 55.9 Å². The summed E-state index contributed by atoms with van der Waals surface area (Å²) in [5.41, 5.74) is 2.89. The second kappa shape index (κ2) is 9.67. The van der Waals surface area contributed by atoms with E-state index in [2.05, 4.69) is 34.9 Å². The Morgan fingerprint density at radius 1 is 1.12 bits per heavy atom. The van der Waals surface area contributed by atoms with Gasteiger partial charge in [-0.3, -0.25) is 4.79 Å². The van der Waals surface area contributed by atoms with Crippen molar-refractivity contribution in [1.82, 2.24) is 10.6 Å². The van der Waals surface area contributed by atoms with Gasteiger partial charge in [0.15, 0.2) is 0 Å². The molecule has 2 saturated carbocycles. The summed E-state index contributed by atoms with van der Waals surface area (Å²) in [5, 5.41) is 17.1. The van der Waals surface area contributed by atoms with Gasteiger partial charge in [-0.25, -0.2) is 8.78 Å². The average molecular weight is 443 g/mol. The number of benzene rings is 2. The Morgan fingerprint density at radius 2 is 1.81 bits per heavy atom. The molecule has 0 heterocycles. The summed E-state index contributed by atoms with van der Waals surface area (Å²) in [6, 6.07) is 11.4. The van der Waals surface area contributed by atoms with Gasteiger partial charge in [-0.05, 0) is 66.8 Å². The van der Waals surface area contributed by atoms with Crippen molar-refractivity contribution in [1.29, 1.82) is 0 Å². The Kier molecular flexibility index (Phi) is 6.91. The Morgan fingerprint density at radius 3 is 2.44 bits per heavy atom. The fraction of sp³-hybridized carbons (Fsp3) is 0.500. The molecule has 2 aliphatic rings. The zero-order valence-corrected chi connectivity index (χ0v) is 18.5. The maximum atomic E-state index is 13.6. The summed E-state index contributed by atoms with van der Waals surface area (Å²) in [6.45, 7) is 1.65. The van der Waals surface area contributed by atoms with Gasteiger partial charge >= 0.3 is 0 Å². The van der Waals surface area contributed by atoms with E-state index in [0.717, 1.165) is 18.9 Å². The molecule has 0 saturated heterocycles. The number of carbonyl (C=O) groups is 1. The largest absolute Gasteiger partial charge is 0.390 e. The smallest absolute Gasteiger partial charge is 0.217 e. The highest BCUT2D eigenvalue weighted by Gasteiger charge is 2.44. The Hall–Kier alpha value is -2.31. The number of halogens is 2. The first kappa shape index (κ1) is 22.9. The molecule has 0 spiro atoms. The third kappa shape index (κ3) is 5.54. The van der Waals surface area contributed by atoms with E-state index in [4.69, 9.17) is 0 Å². The molecule has 3 N–H and O–H groups in total. The fourth-order valence-electron chi connectivity index (χ4n) is 5.01. The van der Waals surface area contributed by atoms with Crippen LogP contribution in [0, 0.1) is 11.6 Å². The van der Waals surface area contributed by atoms with Crippen LogP contribution in [0.25, 0.3) is 0 Å². The quantitative estimate of drug-likeness (QED) is 0.542. The lowest BCUT2D eigenvalue weighted by atomic mass is 9.93. The lowest BCUT2D eigenvalue weighted by Gasteiger charge is -2.27. The summed E-state index contributed by atoms with van der Waals surface area (Å²) in [4.78, 5) is 11.7. The first-order valence-corrected chi connectivity index (χ1v) is 11.6. The van der Waals surface area contributed by atoms with Crippen LogP contribution in [0.1, 0.15) is 68.1 Å². The molecule has 4 nitrogen and oxygen atoms in total. The third-order valence-electron chi connectivity index (χ3n) is 6.90. The Balaban J connectivity index is 1.42. The molecule has 1 amide bonds. The number of nitrogens with one attached hydrogen (secondary N) is 2. The first-order chi connectivity index (χ1) is 15.3. The van der Waals surface area contributed by atoms with Crippen LogP contribution >= 0.6 is 0 Å². The van der Waals surface area contributed by atoms with Gasteiger partial charge in [0, 0.05) is 25.1 Å². The molecule has 4 rings (SSSR count). The zero-order valence-electron chi connectivity index (χ0n) is 18.5. The molecule has 0 radical (unpaired) electrons. The highest BCUT2D eigenvalue weighted by Crippen LogP contribution is 2.46. The lowest BCUT2D eigenvalue weighted by Crippen LogP contribution is -2.49. The van der Waals surface area contributed by atoms with E-state index in [1.807, 2.05) is 0 Å². The third-order valence-corrected chi connectivity index (χ3v) is 6.90. The van der Waals surface area contributed by atoms with Crippen molar-refractivity contribution in [2.24, 2.45) is 0 Å². The maximum absolute atomic E-state index is 13.6. The normalized spacial score (nSPS) is 19.5. The Bertz CT molecular complexity index is 934. The van der Waals surface area contributed by atoms with Gasteiger partial charge < -0.3 is 15.7 Å². The van der Waals surface area contributed by atoms with Crippen LogP contribution in [0.15, 0.2) is 42.5 Å². The van der Waals surface area contributed by atoms with E-state index >= 15 is 0 Å². The van der Waals surface area contributed by atoms with Gasteiger partial charge in [-0.1, -0.05) is 37.1 Å². The van der Waals surface area contributed by atoms with Crippen LogP contribution in [0.4, 0.5) is 8.78 Å². The maximum Gasteiger partial charge on any atom is 0.217 e. The van der Waals surface area contributed by atoms with Crippen molar-refractivity contribution in [2.45, 2.75) is 75.5 Å². The molecule has 172 valence electrons. The number of aliphatic hydroxyl groups is 1. The molecule has 0 bridgehead atoms. The van der Waals surface area contributed by atoms with E-state index in [9.17, 15) is 18.7 Å².